The van der Waals surface area contributed by atoms with Gasteiger partial charge in [0.1, 0.15) is 12.6 Å². The molecule has 0 saturated carbocycles. The number of carbonyl (C=O) groups is 2. The van der Waals surface area contributed by atoms with Gasteiger partial charge >= 0.3 is 0 Å². The first kappa shape index (κ1) is 30.8. The smallest absolute Gasteiger partial charge is 0.264 e. The van der Waals surface area contributed by atoms with Gasteiger partial charge < -0.3 is 10.2 Å². The van der Waals surface area contributed by atoms with Gasteiger partial charge in [0.05, 0.1) is 10.6 Å². The Morgan fingerprint density at radius 1 is 0.846 bits per heavy atom. The second-order valence-electron chi connectivity index (χ2n) is 9.42. The number of rotatable bonds is 11. The zero-order valence-corrected chi connectivity index (χ0v) is 24.9. The molecule has 0 aliphatic carbocycles. The third-order valence-corrected chi connectivity index (χ3v) is 8.34. The molecule has 3 aromatic rings. The van der Waals surface area contributed by atoms with E-state index in [2.05, 4.69) is 5.32 Å². The van der Waals surface area contributed by atoms with Gasteiger partial charge in [-0.25, -0.2) is 8.42 Å². The van der Waals surface area contributed by atoms with Crippen LogP contribution in [0.25, 0.3) is 0 Å². The summed E-state index contributed by atoms with van der Waals surface area (Å²) in [6, 6.07) is 18.0. The maximum absolute atomic E-state index is 13.9. The summed E-state index contributed by atoms with van der Waals surface area (Å²) in [7, 11) is -4.21. The summed E-state index contributed by atoms with van der Waals surface area (Å²) in [5.74, 6) is -0.734. The zero-order chi connectivity index (χ0) is 28.7. The number of nitrogens with one attached hydrogen (secondary N) is 1. The SMILES string of the molecule is CC(C)CNC(=O)C(C)N(Cc1ccc(Cl)cc1)C(=O)CN(c1cc(Cl)cc(Cl)c1)S(=O)(=O)c1ccccc1. The van der Waals surface area contributed by atoms with Crippen LogP contribution in [0.5, 0.6) is 0 Å². The van der Waals surface area contributed by atoms with E-state index < -0.39 is 28.5 Å². The van der Waals surface area contributed by atoms with E-state index in [1.165, 1.54) is 35.2 Å². The van der Waals surface area contributed by atoms with Gasteiger partial charge in [-0.3, -0.25) is 13.9 Å². The molecule has 3 aromatic carbocycles. The van der Waals surface area contributed by atoms with Gasteiger partial charge in [-0.15, -0.1) is 0 Å². The molecule has 208 valence electrons. The molecule has 11 heteroatoms. The molecule has 0 aliphatic heterocycles. The lowest BCUT2D eigenvalue weighted by atomic mass is 10.1. The van der Waals surface area contributed by atoms with Gasteiger partial charge in [-0.2, -0.15) is 0 Å². The van der Waals surface area contributed by atoms with Crippen molar-refractivity contribution >= 4 is 62.3 Å². The molecule has 0 aliphatic rings. The minimum Gasteiger partial charge on any atom is -0.354 e. The molecule has 0 spiro atoms. The number of sulfonamides is 1. The van der Waals surface area contributed by atoms with Gasteiger partial charge in [0.25, 0.3) is 10.0 Å². The van der Waals surface area contributed by atoms with E-state index >= 15 is 0 Å². The van der Waals surface area contributed by atoms with Crippen molar-refractivity contribution in [2.75, 3.05) is 17.4 Å². The molecular weight excluding hydrogens is 581 g/mol. The number of carbonyl (C=O) groups excluding carboxylic acids is 2. The molecule has 3 rings (SSSR count). The summed E-state index contributed by atoms with van der Waals surface area (Å²) < 4.78 is 28.5. The first-order valence-electron chi connectivity index (χ1n) is 12.2. The maximum atomic E-state index is 13.9. The Morgan fingerprint density at radius 2 is 1.44 bits per heavy atom. The van der Waals surface area contributed by atoms with Crippen LogP contribution in [-0.4, -0.2) is 44.3 Å². The second-order valence-corrected chi connectivity index (χ2v) is 12.6. The van der Waals surface area contributed by atoms with Crippen molar-refractivity contribution in [2.45, 2.75) is 38.3 Å². The van der Waals surface area contributed by atoms with Crippen LogP contribution in [0, 0.1) is 5.92 Å². The van der Waals surface area contributed by atoms with Crippen LogP contribution in [0.15, 0.2) is 77.7 Å². The maximum Gasteiger partial charge on any atom is 0.264 e. The first-order valence-corrected chi connectivity index (χ1v) is 14.8. The lowest BCUT2D eigenvalue weighted by Crippen LogP contribution is -2.51. The topological polar surface area (TPSA) is 86.8 Å². The van der Waals surface area contributed by atoms with Crippen LogP contribution in [0.1, 0.15) is 26.3 Å². The fraction of sp³-hybridized carbons (Fsp3) is 0.286. The standard InChI is InChI=1S/C28H30Cl3N3O4S/c1-19(2)16-32-28(36)20(3)33(17-21-9-11-22(29)12-10-21)27(35)18-34(25-14-23(30)13-24(31)15-25)39(37,38)26-7-5-4-6-8-26/h4-15,19-20H,16-18H2,1-3H3,(H,32,36). The van der Waals surface area contributed by atoms with E-state index in [-0.39, 0.29) is 39.0 Å². The summed E-state index contributed by atoms with van der Waals surface area (Å²) in [5, 5.41) is 3.79. The molecule has 1 atom stereocenters. The van der Waals surface area contributed by atoms with Crippen LogP contribution in [0.4, 0.5) is 5.69 Å². The van der Waals surface area contributed by atoms with Crippen LogP contribution in [0.3, 0.4) is 0 Å². The lowest BCUT2D eigenvalue weighted by molar-refractivity contribution is -0.139. The quantitative estimate of drug-likeness (QED) is 0.287. The molecule has 0 radical (unpaired) electrons. The molecule has 1 unspecified atom stereocenters. The zero-order valence-electron chi connectivity index (χ0n) is 21.8. The predicted molar refractivity (Wildman–Crippen MR) is 157 cm³/mol. The van der Waals surface area contributed by atoms with E-state index in [0.29, 0.717) is 11.6 Å². The summed E-state index contributed by atoms with van der Waals surface area (Å²) in [6.07, 6.45) is 0. The summed E-state index contributed by atoms with van der Waals surface area (Å²) in [4.78, 5) is 28.2. The molecule has 0 aromatic heterocycles. The Morgan fingerprint density at radius 3 is 2.00 bits per heavy atom. The Balaban J connectivity index is 2.03. The van der Waals surface area contributed by atoms with Gasteiger partial charge in [-0.05, 0) is 60.9 Å². The molecular formula is C28H30Cl3N3O4S. The van der Waals surface area contributed by atoms with Crippen molar-refractivity contribution in [1.82, 2.24) is 10.2 Å². The van der Waals surface area contributed by atoms with Crippen LogP contribution < -0.4 is 9.62 Å². The minimum absolute atomic E-state index is 0.0131. The molecule has 0 heterocycles. The van der Waals surface area contributed by atoms with Crippen molar-refractivity contribution in [1.29, 1.82) is 0 Å². The normalized spacial score (nSPS) is 12.2. The van der Waals surface area contributed by atoms with E-state index in [9.17, 15) is 18.0 Å². The highest BCUT2D eigenvalue weighted by Gasteiger charge is 2.32. The molecule has 0 saturated heterocycles. The van der Waals surface area contributed by atoms with E-state index in [1.807, 2.05) is 13.8 Å². The van der Waals surface area contributed by atoms with Gasteiger partial charge in [-0.1, -0.05) is 79.0 Å². The Labute approximate surface area is 244 Å². The summed E-state index contributed by atoms with van der Waals surface area (Å²) in [5.41, 5.74) is 0.840. The van der Waals surface area contributed by atoms with E-state index in [1.54, 1.807) is 49.4 Å². The van der Waals surface area contributed by atoms with E-state index in [4.69, 9.17) is 34.8 Å². The average molecular weight is 611 g/mol. The van der Waals surface area contributed by atoms with Gasteiger partial charge in [0.2, 0.25) is 11.8 Å². The van der Waals surface area contributed by atoms with Crippen molar-refractivity contribution in [3.8, 4) is 0 Å². The number of benzene rings is 3. The van der Waals surface area contributed by atoms with Crippen molar-refractivity contribution < 1.29 is 18.0 Å². The molecule has 0 bridgehead atoms. The Bertz CT molecular complexity index is 1380. The number of hydrogen-bond acceptors (Lipinski definition) is 4. The highest BCUT2D eigenvalue weighted by Crippen LogP contribution is 2.30. The molecule has 7 nitrogen and oxygen atoms in total. The highest BCUT2D eigenvalue weighted by molar-refractivity contribution is 7.92. The summed E-state index contributed by atoms with van der Waals surface area (Å²) >= 11 is 18.4. The molecule has 1 N–H and O–H groups in total. The van der Waals surface area contributed by atoms with Crippen LogP contribution in [-0.2, 0) is 26.2 Å². The molecule has 39 heavy (non-hydrogen) atoms. The number of hydrogen-bond donors (Lipinski definition) is 1. The largest absolute Gasteiger partial charge is 0.354 e. The van der Waals surface area contributed by atoms with Crippen molar-refractivity contribution in [3.05, 3.63) is 93.4 Å². The van der Waals surface area contributed by atoms with Crippen LogP contribution in [0.2, 0.25) is 15.1 Å². The number of anilines is 1. The Hall–Kier alpha value is -2.78. The van der Waals surface area contributed by atoms with Crippen molar-refractivity contribution in [2.24, 2.45) is 5.92 Å². The summed E-state index contributed by atoms with van der Waals surface area (Å²) in [6.45, 7) is 5.43. The highest BCUT2D eigenvalue weighted by atomic mass is 35.5. The third kappa shape index (κ3) is 8.35. The predicted octanol–water partition coefficient (Wildman–Crippen LogP) is 6.03. The van der Waals surface area contributed by atoms with Gasteiger partial charge in [0.15, 0.2) is 0 Å². The fourth-order valence-electron chi connectivity index (χ4n) is 3.75. The van der Waals surface area contributed by atoms with Crippen LogP contribution >= 0.6 is 34.8 Å². The Kier molecular flexibility index (Phi) is 10.7. The molecule has 2 amide bonds. The van der Waals surface area contributed by atoms with Gasteiger partial charge in [0, 0.05) is 28.2 Å². The van der Waals surface area contributed by atoms with E-state index in [0.717, 1.165) is 9.87 Å². The lowest BCUT2D eigenvalue weighted by Gasteiger charge is -2.32. The fourth-order valence-corrected chi connectivity index (χ4v) is 5.81. The molecule has 0 fully saturated rings. The number of halogens is 3. The monoisotopic (exact) mass is 609 g/mol. The number of amides is 2. The average Bonchev–Trinajstić information content (AvgIpc) is 2.89. The first-order chi connectivity index (χ1) is 18.4. The number of nitrogens with zero attached hydrogens (tertiary/aromatic N) is 2. The van der Waals surface area contributed by atoms with Crippen molar-refractivity contribution in [3.63, 3.8) is 0 Å². The second kappa shape index (κ2) is 13.5. The minimum atomic E-state index is -4.21. The third-order valence-electron chi connectivity index (χ3n) is 5.86.